The summed E-state index contributed by atoms with van der Waals surface area (Å²) < 4.78 is 0. The molecule has 0 aromatic heterocycles. The molecule has 25 heavy (non-hydrogen) atoms. The van der Waals surface area contributed by atoms with Crippen LogP contribution in [0.1, 0.15) is 33.1 Å². The van der Waals surface area contributed by atoms with Crippen LogP contribution in [0.25, 0.3) is 0 Å². The van der Waals surface area contributed by atoms with Crippen molar-refractivity contribution in [3.8, 4) is 0 Å². The third-order valence-electron chi connectivity index (χ3n) is 4.73. The Labute approximate surface area is 146 Å². The molecule has 1 heterocycles. The fourth-order valence-electron chi connectivity index (χ4n) is 2.88. The van der Waals surface area contributed by atoms with E-state index in [1.165, 1.54) is 24.3 Å². The quantitative estimate of drug-likeness (QED) is 0.601. The maximum atomic E-state index is 12.6. The zero-order chi connectivity index (χ0) is 18.6. The number of rotatable bonds is 6. The number of nitro benzene ring substituents is 1. The molecule has 3 N–H and O–H groups in total. The predicted molar refractivity (Wildman–Crippen MR) is 93.9 cm³/mol. The van der Waals surface area contributed by atoms with Crippen LogP contribution < -0.4 is 11.1 Å². The van der Waals surface area contributed by atoms with Crippen molar-refractivity contribution in [1.29, 1.82) is 0 Å². The summed E-state index contributed by atoms with van der Waals surface area (Å²) in [6.07, 6.45) is 2.12. The van der Waals surface area contributed by atoms with E-state index in [0.717, 1.165) is 12.8 Å². The van der Waals surface area contributed by atoms with Crippen LogP contribution in [0.3, 0.4) is 0 Å². The molecule has 1 saturated heterocycles. The Morgan fingerprint density at radius 3 is 2.60 bits per heavy atom. The van der Waals surface area contributed by atoms with Crippen LogP contribution in [0.2, 0.25) is 0 Å². The van der Waals surface area contributed by atoms with Gasteiger partial charge in [0.1, 0.15) is 6.04 Å². The first-order valence-corrected chi connectivity index (χ1v) is 8.46. The summed E-state index contributed by atoms with van der Waals surface area (Å²) >= 11 is 0. The van der Waals surface area contributed by atoms with E-state index in [4.69, 9.17) is 5.73 Å². The molecule has 0 spiro atoms. The lowest BCUT2D eigenvalue weighted by atomic mass is 9.98. The van der Waals surface area contributed by atoms with Crippen molar-refractivity contribution in [1.82, 2.24) is 4.90 Å². The topological polar surface area (TPSA) is 119 Å². The number of carbonyl (C=O) groups is 2. The second kappa shape index (κ2) is 8.06. The third-order valence-corrected chi connectivity index (χ3v) is 4.73. The van der Waals surface area contributed by atoms with Crippen LogP contribution >= 0.6 is 0 Å². The number of amides is 2. The van der Waals surface area contributed by atoms with Gasteiger partial charge in [-0.2, -0.15) is 0 Å². The molecule has 1 fully saturated rings. The molecule has 0 bridgehead atoms. The van der Waals surface area contributed by atoms with Crippen molar-refractivity contribution in [2.45, 2.75) is 45.2 Å². The number of non-ortho nitro benzene ring substituents is 1. The van der Waals surface area contributed by atoms with Gasteiger partial charge in [0.25, 0.3) is 5.69 Å². The Morgan fingerprint density at radius 2 is 2.04 bits per heavy atom. The molecule has 3 atom stereocenters. The second-order valence-electron chi connectivity index (χ2n) is 6.39. The molecule has 1 aliphatic rings. The monoisotopic (exact) mass is 348 g/mol. The smallest absolute Gasteiger partial charge is 0.269 e. The zero-order valence-electron chi connectivity index (χ0n) is 14.5. The van der Waals surface area contributed by atoms with E-state index < -0.39 is 17.0 Å². The van der Waals surface area contributed by atoms with Crippen LogP contribution in [0.5, 0.6) is 0 Å². The Balaban J connectivity index is 2.04. The summed E-state index contributed by atoms with van der Waals surface area (Å²) in [7, 11) is 0. The standard InChI is InChI=1S/C17H24N4O4/c1-3-11(2)15(18)17(23)20-10-4-5-14(20)16(22)19-12-6-8-13(9-7-12)21(24)25/h6-9,11,14-15H,3-5,10,18H2,1-2H3,(H,19,22)/t11-,14-,15-/m0/s1. The maximum absolute atomic E-state index is 12.6. The van der Waals surface area contributed by atoms with Gasteiger partial charge in [0.15, 0.2) is 0 Å². The molecule has 1 aliphatic heterocycles. The van der Waals surface area contributed by atoms with Crippen LogP contribution in [-0.4, -0.2) is 40.3 Å². The van der Waals surface area contributed by atoms with E-state index in [9.17, 15) is 19.7 Å². The normalized spacial score (nSPS) is 19.3. The minimum absolute atomic E-state index is 0.0461. The van der Waals surface area contributed by atoms with Crippen molar-refractivity contribution in [2.75, 3.05) is 11.9 Å². The lowest BCUT2D eigenvalue weighted by Gasteiger charge is -2.28. The Kier molecular flexibility index (Phi) is 6.08. The average Bonchev–Trinajstić information content (AvgIpc) is 3.10. The van der Waals surface area contributed by atoms with Gasteiger partial charge >= 0.3 is 0 Å². The fraction of sp³-hybridized carbons (Fsp3) is 0.529. The molecule has 2 amide bonds. The number of nitrogens with one attached hydrogen (secondary N) is 1. The fourth-order valence-corrected chi connectivity index (χ4v) is 2.88. The van der Waals surface area contributed by atoms with Gasteiger partial charge in [0, 0.05) is 24.4 Å². The number of nitrogens with two attached hydrogens (primary N) is 1. The van der Waals surface area contributed by atoms with Crippen molar-refractivity contribution in [3.05, 3.63) is 34.4 Å². The second-order valence-corrected chi connectivity index (χ2v) is 6.39. The average molecular weight is 348 g/mol. The first-order valence-electron chi connectivity index (χ1n) is 8.46. The van der Waals surface area contributed by atoms with E-state index >= 15 is 0 Å². The Hall–Kier alpha value is -2.48. The summed E-state index contributed by atoms with van der Waals surface area (Å²) in [6.45, 7) is 4.41. The summed E-state index contributed by atoms with van der Waals surface area (Å²) in [6, 6.07) is 4.43. The maximum Gasteiger partial charge on any atom is 0.269 e. The molecular formula is C17H24N4O4. The SMILES string of the molecule is CC[C@H](C)[C@H](N)C(=O)N1CCC[C@H]1C(=O)Nc1ccc([N+](=O)[O-])cc1. The number of hydrogen-bond donors (Lipinski definition) is 2. The van der Waals surface area contributed by atoms with Crippen molar-refractivity contribution in [2.24, 2.45) is 11.7 Å². The Bertz CT molecular complexity index is 647. The highest BCUT2D eigenvalue weighted by atomic mass is 16.6. The number of anilines is 1. The zero-order valence-corrected chi connectivity index (χ0v) is 14.5. The first-order chi connectivity index (χ1) is 11.8. The lowest BCUT2D eigenvalue weighted by Crippen LogP contribution is -2.51. The first kappa shape index (κ1) is 18.9. The molecule has 8 heteroatoms. The van der Waals surface area contributed by atoms with Crippen LogP contribution in [-0.2, 0) is 9.59 Å². The van der Waals surface area contributed by atoms with Gasteiger partial charge in [0.05, 0.1) is 11.0 Å². The van der Waals surface area contributed by atoms with Gasteiger partial charge in [-0.05, 0) is 30.9 Å². The van der Waals surface area contributed by atoms with Gasteiger partial charge in [-0.1, -0.05) is 20.3 Å². The molecule has 0 unspecified atom stereocenters. The van der Waals surface area contributed by atoms with Gasteiger partial charge in [-0.15, -0.1) is 0 Å². The molecule has 0 aliphatic carbocycles. The highest BCUT2D eigenvalue weighted by Crippen LogP contribution is 2.22. The van der Waals surface area contributed by atoms with E-state index in [1.807, 2.05) is 13.8 Å². The number of benzene rings is 1. The largest absolute Gasteiger partial charge is 0.329 e. The molecular weight excluding hydrogens is 324 g/mol. The van der Waals surface area contributed by atoms with Crippen LogP contribution in [0, 0.1) is 16.0 Å². The van der Waals surface area contributed by atoms with Gasteiger partial charge in [-0.25, -0.2) is 0 Å². The number of likely N-dealkylation sites (tertiary alicyclic amines) is 1. The molecule has 136 valence electrons. The van der Waals surface area contributed by atoms with E-state index in [-0.39, 0.29) is 23.4 Å². The van der Waals surface area contributed by atoms with E-state index in [1.54, 1.807) is 4.90 Å². The van der Waals surface area contributed by atoms with Gasteiger partial charge < -0.3 is 16.0 Å². The number of nitro groups is 1. The van der Waals surface area contributed by atoms with E-state index in [2.05, 4.69) is 5.32 Å². The summed E-state index contributed by atoms with van der Waals surface area (Å²) in [4.78, 5) is 36.8. The highest BCUT2D eigenvalue weighted by Gasteiger charge is 2.37. The van der Waals surface area contributed by atoms with Gasteiger partial charge in [-0.3, -0.25) is 19.7 Å². The summed E-state index contributed by atoms with van der Waals surface area (Å²) in [5.74, 6) is -0.446. The molecule has 2 rings (SSSR count). The van der Waals surface area contributed by atoms with Crippen molar-refractivity contribution < 1.29 is 14.5 Å². The van der Waals surface area contributed by atoms with Crippen molar-refractivity contribution >= 4 is 23.2 Å². The molecule has 8 nitrogen and oxygen atoms in total. The predicted octanol–water partition coefficient (Wildman–Crippen LogP) is 1.90. The van der Waals surface area contributed by atoms with Crippen LogP contribution in [0.15, 0.2) is 24.3 Å². The molecule has 0 radical (unpaired) electrons. The number of hydrogen-bond acceptors (Lipinski definition) is 5. The third kappa shape index (κ3) is 4.33. The molecule has 1 aromatic carbocycles. The number of carbonyl (C=O) groups excluding carboxylic acids is 2. The highest BCUT2D eigenvalue weighted by molar-refractivity contribution is 5.98. The molecule has 0 saturated carbocycles. The van der Waals surface area contributed by atoms with Gasteiger partial charge in [0.2, 0.25) is 11.8 Å². The van der Waals surface area contributed by atoms with Crippen LogP contribution in [0.4, 0.5) is 11.4 Å². The Morgan fingerprint density at radius 1 is 1.40 bits per heavy atom. The van der Waals surface area contributed by atoms with E-state index in [0.29, 0.717) is 18.7 Å². The minimum atomic E-state index is -0.613. The summed E-state index contributed by atoms with van der Waals surface area (Å²) in [5, 5.41) is 13.4. The summed E-state index contributed by atoms with van der Waals surface area (Å²) in [5.41, 5.74) is 6.44. The van der Waals surface area contributed by atoms with Crippen molar-refractivity contribution in [3.63, 3.8) is 0 Å². The minimum Gasteiger partial charge on any atom is -0.329 e. The number of nitrogens with zero attached hydrogens (tertiary/aromatic N) is 2. The lowest BCUT2D eigenvalue weighted by molar-refractivity contribution is -0.384. The molecule has 1 aromatic rings.